The summed E-state index contributed by atoms with van der Waals surface area (Å²) in [7, 11) is 0. The molecule has 0 saturated carbocycles. The van der Waals surface area contributed by atoms with Crippen LogP contribution in [-0.2, 0) is 6.42 Å². The van der Waals surface area contributed by atoms with Crippen molar-refractivity contribution in [1.29, 1.82) is 0 Å². The van der Waals surface area contributed by atoms with Gasteiger partial charge in [-0.1, -0.05) is 65.7 Å². The molecule has 0 bridgehead atoms. The van der Waals surface area contributed by atoms with Crippen LogP contribution in [0.2, 0.25) is 0 Å². The monoisotopic (exact) mass is 301 g/mol. The molecule has 2 aromatic carbocycles. The highest BCUT2D eigenvalue weighted by molar-refractivity contribution is 5.72. The van der Waals surface area contributed by atoms with E-state index in [0.29, 0.717) is 0 Å². The molecule has 0 unspecified atom stereocenters. The Hall–Kier alpha value is -2.54. The van der Waals surface area contributed by atoms with E-state index in [1.807, 2.05) is 6.08 Å². The molecule has 23 heavy (non-hydrogen) atoms. The SMILES string of the molecule is C=CCCc1cc(-c2ccc(C)cc2)[nH]c1-c1ccc(C)cc1. The standard InChI is InChI=1S/C22H23N/c1-4-5-6-20-15-21(18-11-7-16(2)8-12-18)23-22(20)19-13-9-17(3)10-14-19/h4,7-15,23H,1,5-6H2,2-3H3. The summed E-state index contributed by atoms with van der Waals surface area (Å²) >= 11 is 0. The number of hydrogen-bond acceptors (Lipinski definition) is 0. The van der Waals surface area contributed by atoms with Gasteiger partial charge in [-0.15, -0.1) is 6.58 Å². The third-order valence-corrected chi connectivity index (χ3v) is 4.22. The fourth-order valence-electron chi connectivity index (χ4n) is 2.82. The number of hydrogen-bond donors (Lipinski definition) is 1. The number of allylic oxidation sites excluding steroid dienone is 1. The number of aromatic nitrogens is 1. The Morgan fingerprint density at radius 3 is 2.00 bits per heavy atom. The van der Waals surface area contributed by atoms with Crippen molar-refractivity contribution in [3.05, 3.63) is 83.9 Å². The van der Waals surface area contributed by atoms with Crippen LogP contribution < -0.4 is 0 Å². The van der Waals surface area contributed by atoms with E-state index >= 15 is 0 Å². The maximum atomic E-state index is 3.85. The van der Waals surface area contributed by atoms with E-state index < -0.39 is 0 Å². The van der Waals surface area contributed by atoms with Gasteiger partial charge in [0.25, 0.3) is 0 Å². The van der Waals surface area contributed by atoms with Crippen LogP contribution in [0.4, 0.5) is 0 Å². The summed E-state index contributed by atoms with van der Waals surface area (Å²) in [6.07, 6.45) is 3.98. The van der Waals surface area contributed by atoms with Gasteiger partial charge in [0.2, 0.25) is 0 Å². The third kappa shape index (κ3) is 3.45. The molecule has 1 nitrogen and oxygen atoms in total. The summed E-state index contributed by atoms with van der Waals surface area (Å²) in [5.74, 6) is 0. The molecule has 0 aliphatic heterocycles. The summed E-state index contributed by atoms with van der Waals surface area (Å²) in [4.78, 5) is 3.63. The molecule has 0 atom stereocenters. The predicted octanol–water partition coefficient (Wildman–Crippen LogP) is 6.08. The van der Waals surface area contributed by atoms with Crippen LogP contribution in [0.3, 0.4) is 0 Å². The molecular formula is C22H23N. The number of aromatic amines is 1. The van der Waals surface area contributed by atoms with Crippen LogP contribution in [-0.4, -0.2) is 4.98 Å². The Kier molecular flexibility index (Phi) is 4.47. The Balaban J connectivity index is 2.04. The first-order valence-electron chi connectivity index (χ1n) is 8.14. The molecule has 1 heteroatoms. The van der Waals surface area contributed by atoms with E-state index in [4.69, 9.17) is 0 Å². The molecule has 0 amide bonds. The van der Waals surface area contributed by atoms with E-state index in [2.05, 4.69) is 80.0 Å². The zero-order valence-electron chi connectivity index (χ0n) is 13.9. The molecule has 3 rings (SSSR count). The molecule has 1 N–H and O–H groups in total. The number of benzene rings is 2. The first-order valence-corrected chi connectivity index (χ1v) is 8.14. The molecule has 0 fully saturated rings. The van der Waals surface area contributed by atoms with Gasteiger partial charge in [0.1, 0.15) is 0 Å². The number of aryl methyl sites for hydroxylation is 3. The van der Waals surface area contributed by atoms with E-state index in [1.54, 1.807) is 0 Å². The maximum Gasteiger partial charge on any atom is 0.0491 e. The zero-order chi connectivity index (χ0) is 16.2. The molecule has 0 spiro atoms. The van der Waals surface area contributed by atoms with Gasteiger partial charge in [0.15, 0.2) is 0 Å². The number of rotatable bonds is 5. The third-order valence-electron chi connectivity index (χ3n) is 4.22. The zero-order valence-corrected chi connectivity index (χ0v) is 13.9. The van der Waals surface area contributed by atoms with Gasteiger partial charge >= 0.3 is 0 Å². The van der Waals surface area contributed by atoms with E-state index in [0.717, 1.165) is 12.8 Å². The van der Waals surface area contributed by atoms with E-state index in [-0.39, 0.29) is 0 Å². The van der Waals surface area contributed by atoms with Gasteiger partial charge in [-0.05, 0) is 49.4 Å². The van der Waals surface area contributed by atoms with E-state index in [1.165, 1.54) is 39.2 Å². The van der Waals surface area contributed by atoms with Crippen molar-refractivity contribution >= 4 is 0 Å². The van der Waals surface area contributed by atoms with Crippen LogP contribution in [0.15, 0.2) is 67.3 Å². The van der Waals surface area contributed by atoms with Crippen molar-refractivity contribution in [2.24, 2.45) is 0 Å². The fraction of sp³-hybridized carbons (Fsp3) is 0.182. The Morgan fingerprint density at radius 2 is 1.43 bits per heavy atom. The average Bonchev–Trinajstić information content (AvgIpc) is 2.98. The predicted molar refractivity (Wildman–Crippen MR) is 99.7 cm³/mol. The van der Waals surface area contributed by atoms with Gasteiger partial charge in [-0.25, -0.2) is 0 Å². The van der Waals surface area contributed by atoms with Crippen molar-refractivity contribution in [3.63, 3.8) is 0 Å². The second-order valence-electron chi connectivity index (χ2n) is 6.14. The molecule has 116 valence electrons. The smallest absolute Gasteiger partial charge is 0.0491 e. The minimum absolute atomic E-state index is 0.990. The summed E-state index contributed by atoms with van der Waals surface area (Å²) in [5.41, 5.74) is 8.80. The van der Waals surface area contributed by atoms with Gasteiger partial charge in [-0.2, -0.15) is 0 Å². The first kappa shape index (κ1) is 15.4. The lowest BCUT2D eigenvalue weighted by Crippen LogP contribution is -1.86. The van der Waals surface area contributed by atoms with Crippen molar-refractivity contribution in [3.8, 4) is 22.5 Å². The lowest BCUT2D eigenvalue weighted by molar-refractivity contribution is 1.01. The Morgan fingerprint density at radius 1 is 0.870 bits per heavy atom. The highest BCUT2D eigenvalue weighted by Crippen LogP contribution is 2.30. The summed E-state index contributed by atoms with van der Waals surface area (Å²) < 4.78 is 0. The summed E-state index contributed by atoms with van der Waals surface area (Å²) in [6, 6.07) is 19.7. The van der Waals surface area contributed by atoms with Crippen LogP contribution in [0, 0.1) is 13.8 Å². The summed E-state index contributed by atoms with van der Waals surface area (Å²) in [6.45, 7) is 8.09. The lowest BCUT2D eigenvalue weighted by atomic mass is 10.0. The largest absolute Gasteiger partial charge is 0.354 e. The van der Waals surface area contributed by atoms with Crippen molar-refractivity contribution in [2.75, 3.05) is 0 Å². The molecule has 0 aliphatic carbocycles. The second-order valence-corrected chi connectivity index (χ2v) is 6.14. The van der Waals surface area contributed by atoms with Crippen LogP contribution in [0.5, 0.6) is 0 Å². The molecule has 1 heterocycles. The average molecular weight is 301 g/mol. The number of H-pyrrole nitrogens is 1. The molecule has 1 aromatic heterocycles. The summed E-state index contributed by atoms with van der Waals surface area (Å²) in [5, 5.41) is 0. The van der Waals surface area contributed by atoms with Crippen LogP contribution in [0.25, 0.3) is 22.5 Å². The van der Waals surface area contributed by atoms with Gasteiger partial charge in [0, 0.05) is 11.4 Å². The maximum absolute atomic E-state index is 3.85. The van der Waals surface area contributed by atoms with E-state index in [9.17, 15) is 0 Å². The van der Waals surface area contributed by atoms with Crippen LogP contribution in [0.1, 0.15) is 23.1 Å². The molecular weight excluding hydrogens is 278 g/mol. The molecule has 0 aliphatic rings. The van der Waals surface area contributed by atoms with Crippen LogP contribution >= 0.6 is 0 Å². The fourth-order valence-corrected chi connectivity index (χ4v) is 2.82. The van der Waals surface area contributed by atoms with Crippen molar-refractivity contribution in [1.82, 2.24) is 4.98 Å². The molecule has 0 saturated heterocycles. The van der Waals surface area contributed by atoms with Crippen molar-refractivity contribution < 1.29 is 0 Å². The Labute approximate surface area is 138 Å². The van der Waals surface area contributed by atoms with Gasteiger partial charge in [-0.3, -0.25) is 0 Å². The first-order chi connectivity index (χ1) is 11.2. The lowest BCUT2D eigenvalue weighted by Gasteiger charge is -2.04. The minimum Gasteiger partial charge on any atom is -0.354 e. The Bertz CT molecular complexity index is 789. The minimum atomic E-state index is 0.990. The topological polar surface area (TPSA) is 15.8 Å². The highest BCUT2D eigenvalue weighted by Gasteiger charge is 2.11. The number of nitrogens with one attached hydrogen (secondary N) is 1. The van der Waals surface area contributed by atoms with Gasteiger partial charge in [0.05, 0.1) is 0 Å². The molecule has 3 aromatic rings. The normalized spacial score (nSPS) is 10.7. The quantitative estimate of drug-likeness (QED) is 0.549. The highest BCUT2D eigenvalue weighted by atomic mass is 14.7. The van der Waals surface area contributed by atoms with Crippen molar-refractivity contribution in [2.45, 2.75) is 26.7 Å². The molecule has 0 radical (unpaired) electrons. The second kappa shape index (κ2) is 6.70. The van der Waals surface area contributed by atoms with Gasteiger partial charge < -0.3 is 4.98 Å².